The molecule has 1 atom stereocenters. The number of hydrazine groups is 1. The average molecular weight is 337 g/mol. The van der Waals surface area contributed by atoms with Crippen molar-refractivity contribution in [2.24, 2.45) is 5.84 Å². The molecule has 0 amide bonds. The van der Waals surface area contributed by atoms with Crippen LogP contribution in [0.5, 0.6) is 11.5 Å². The number of benzene rings is 2. The van der Waals surface area contributed by atoms with Gasteiger partial charge in [0.25, 0.3) is 0 Å². The summed E-state index contributed by atoms with van der Waals surface area (Å²) < 4.78 is 11.7. The molecule has 20 heavy (non-hydrogen) atoms. The zero-order valence-electron chi connectivity index (χ0n) is 11.4. The van der Waals surface area contributed by atoms with Crippen LogP contribution in [0.1, 0.15) is 17.2 Å². The molecule has 0 heterocycles. The van der Waals surface area contributed by atoms with E-state index in [0.717, 1.165) is 27.1 Å². The maximum Gasteiger partial charge on any atom is 0.124 e. The van der Waals surface area contributed by atoms with Crippen LogP contribution in [0.2, 0.25) is 0 Å². The quantitative estimate of drug-likeness (QED) is 0.651. The monoisotopic (exact) mass is 336 g/mol. The summed E-state index contributed by atoms with van der Waals surface area (Å²) in [6.45, 7) is 0. The lowest BCUT2D eigenvalue weighted by Gasteiger charge is -2.21. The number of methoxy groups -OCH3 is 2. The van der Waals surface area contributed by atoms with Crippen molar-refractivity contribution in [2.45, 2.75) is 6.04 Å². The molecule has 0 bridgehead atoms. The summed E-state index contributed by atoms with van der Waals surface area (Å²) in [5.41, 5.74) is 4.78. The van der Waals surface area contributed by atoms with Crippen molar-refractivity contribution >= 4 is 15.9 Å². The maximum absolute atomic E-state index is 5.75. The van der Waals surface area contributed by atoms with Gasteiger partial charge in [-0.25, -0.2) is 5.43 Å². The van der Waals surface area contributed by atoms with Gasteiger partial charge in [-0.2, -0.15) is 0 Å². The Bertz CT molecular complexity index is 590. The minimum Gasteiger partial charge on any atom is -0.497 e. The van der Waals surface area contributed by atoms with Crippen LogP contribution in [-0.2, 0) is 0 Å². The van der Waals surface area contributed by atoms with Crippen LogP contribution in [-0.4, -0.2) is 14.2 Å². The first kappa shape index (κ1) is 14.8. The van der Waals surface area contributed by atoms with Gasteiger partial charge >= 0.3 is 0 Å². The van der Waals surface area contributed by atoms with Gasteiger partial charge in [-0.15, -0.1) is 0 Å². The summed E-state index contributed by atoms with van der Waals surface area (Å²) in [5.74, 6) is 7.27. The van der Waals surface area contributed by atoms with Crippen molar-refractivity contribution in [1.82, 2.24) is 5.43 Å². The van der Waals surface area contributed by atoms with E-state index in [2.05, 4.69) is 21.4 Å². The van der Waals surface area contributed by atoms with Crippen LogP contribution in [0.3, 0.4) is 0 Å². The predicted octanol–water partition coefficient (Wildman–Crippen LogP) is 3.02. The Kier molecular flexibility index (Phi) is 5.00. The molecule has 0 fully saturated rings. The van der Waals surface area contributed by atoms with Crippen LogP contribution in [0.4, 0.5) is 0 Å². The van der Waals surface area contributed by atoms with Crippen LogP contribution in [0, 0.1) is 0 Å². The second kappa shape index (κ2) is 6.74. The molecule has 0 aliphatic heterocycles. The minimum atomic E-state index is -0.198. The highest BCUT2D eigenvalue weighted by Crippen LogP contribution is 2.35. The molecule has 0 radical (unpaired) electrons. The summed E-state index contributed by atoms with van der Waals surface area (Å²) in [5, 5.41) is 0. The fourth-order valence-electron chi connectivity index (χ4n) is 2.12. The first-order valence-electron chi connectivity index (χ1n) is 6.13. The SMILES string of the molecule is COc1ccc(OC)c(C(NN)c2ccccc2Br)c1. The second-order valence-corrected chi connectivity index (χ2v) is 5.08. The van der Waals surface area contributed by atoms with Crippen LogP contribution in [0.15, 0.2) is 46.9 Å². The summed E-state index contributed by atoms with van der Waals surface area (Å²) >= 11 is 3.55. The lowest BCUT2D eigenvalue weighted by molar-refractivity contribution is 0.394. The first-order chi connectivity index (χ1) is 9.71. The molecule has 0 saturated heterocycles. The third-order valence-corrected chi connectivity index (χ3v) is 3.85. The Morgan fingerprint density at radius 2 is 1.80 bits per heavy atom. The molecule has 2 aromatic carbocycles. The molecule has 0 saturated carbocycles. The van der Waals surface area contributed by atoms with Crippen molar-refractivity contribution in [2.75, 3.05) is 14.2 Å². The van der Waals surface area contributed by atoms with Gasteiger partial charge < -0.3 is 9.47 Å². The number of ether oxygens (including phenoxy) is 2. The van der Waals surface area contributed by atoms with E-state index < -0.39 is 0 Å². The molecular weight excluding hydrogens is 320 g/mol. The van der Waals surface area contributed by atoms with E-state index in [1.54, 1.807) is 14.2 Å². The van der Waals surface area contributed by atoms with E-state index in [0.29, 0.717) is 0 Å². The van der Waals surface area contributed by atoms with E-state index in [4.69, 9.17) is 15.3 Å². The molecule has 1 unspecified atom stereocenters. The Morgan fingerprint density at radius 1 is 1.05 bits per heavy atom. The molecule has 2 rings (SSSR count). The summed E-state index contributed by atoms with van der Waals surface area (Å²) in [6, 6.07) is 13.4. The van der Waals surface area contributed by atoms with Gasteiger partial charge in [-0.3, -0.25) is 5.84 Å². The molecule has 5 heteroatoms. The maximum atomic E-state index is 5.75. The fraction of sp³-hybridized carbons (Fsp3) is 0.200. The molecular formula is C15H17BrN2O2. The zero-order chi connectivity index (χ0) is 14.5. The van der Waals surface area contributed by atoms with Gasteiger partial charge in [0.1, 0.15) is 11.5 Å². The Labute approximate surface area is 127 Å². The summed E-state index contributed by atoms with van der Waals surface area (Å²) in [6.07, 6.45) is 0. The molecule has 2 aromatic rings. The molecule has 106 valence electrons. The van der Waals surface area contributed by atoms with Gasteiger partial charge in [0.15, 0.2) is 0 Å². The van der Waals surface area contributed by atoms with Crippen molar-refractivity contribution in [3.8, 4) is 11.5 Å². The highest BCUT2D eigenvalue weighted by atomic mass is 79.9. The number of rotatable bonds is 5. The molecule has 0 spiro atoms. The average Bonchev–Trinajstić information content (AvgIpc) is 2.49. The van der Waals surface area contributed by atoms with Crippen molar-refractivity contribution in [3.05, 3.63) is 58.1 Å². The van der Waals surface area contributed by atoms with Crippen LogP contribution >= 0.6 is 15.9 Å². The molecule has 4 nitrogen and oxygen atoms in total. The third kappa shape index (κ3) is 2.95. The molecule has 3 N–H and O–H groups in total. The molecule has 0 aliphatic rings. The molecule has 0 aliphatic carbocycles. The van der Waals surface area contributed by atoms with E-state index in [-0.39, 0.29) is 6.04 Å². The van der Waals surface area contributed by atoms with Crippen molar-refractivity contribution in [1.29, 1.82) is 0 Å². The first-order valence-corrected chi connectivity index (χ1v) is 6.93. The number of halogens is 1. The topological polar surface area (TPSA) is 56.5 Å². The number of nitrogens with two attached hydrogens (primary N) is 1. The largest absolute Gasteiger partial charge is 0.497 e. The number of hydrogen-bond acceptors (Lipinski definition) is 4. The lowest BCUT2D eigenvalue weighted by Crippen LogP contribution is -2.29. The fourth-order valence-corrected chi connectivity index (χ4v) is 2.63. The molecule has 0 aromatic heterocycles. The zero-order valence-corrected chi connectivity index (χ0v) is 13.0. The standard InChI is InChI=1S/C15H17BrN2O2/c1-19-10-7-8-14(20-2)12(9-10)15(18-17)11-5-3-4-6-13(11)16/h3-9,15,18H,17H2,1-2H3. The van der Waals surface area contributed by atoms with Crippen molar-refractivity contribution in [3.63, 3.8) is 0 Å². The number of hydrogen-bond donors (Lipinski definition) is 2. The smallest absolute Gasteiger partial charge is 0.124 e. The Balaban J connectivity index is 2.54. The Morgan fingerprint density at radius 3 is 2.40 bits per heavy atom. The van der Waals surface area contributed by atoms with Gasteiger partial charge in [-0.1, -0.05) is 34.1 Å². The normalized spacial score (nSPS) is 12.0. The number of nitrogens with one attached hydrogen (secondary N) is 1. The van der Waals surface area contributed by atoms with E-state index in [9.17, 15) is 0 Å². The van der Waals surface area contributed by atoms with Crippen molar-refractivity contribution < 1.29 is 9.47 Å². The predicted molar refractivity (Wildman–Crippen MR) is 82.9 cm³/mol. The van der Waals surface area contributed by atoms with Gasteiger partial charge in [0.05, 0.1) is 20.3 Å². The van der Waals surface area contributed by atoms with Gasteiger partial charge in [0.2, 0.25) is 0 Å². The third-order valence-electron chi connectivity index (χ3n) is 3.13. The Hall–Kier alpha value is -1.56. The second-order valence-electron chi connectivity index (χ2n) is 4.23. The van der Waals surface area contributed by atoms with Gasteiger partial charge in [0, 0.05) is 10.0 Å². The lowest BCUT2D eigenvalue weighted by atomic mass is 9.98. The van der Waals surface area contributed by atoms with Crippen LogP contribution in [0.25, 0.3) is 0 Å². The van der Waals surface area contributed by atoms with E-state index >= 15 is 0 Å². The highest BCUT2D eigenvalue weighted by Gasteiger charge is 2.19. The highest BCUT2D eigenvalue weighted by molar-refractivity contribution is 9.10. The minimum absolute atomic E-state index is 0.198. The van der Waals surface area contributed by atoms with E-state index in [1.165, 1.54) is 0 Å². The summed E-state index contributed by atoms with van der Waals surface area (Å²) in [7, 11) is 3.27. The van der Waals surface area contributed by atoms with E-state index in [1.807, 2.05) is 42.5 Å². The summed E-state index contributed by atoms with van der Waals surface area (Å²) in [4.78, 5) is 0. The van der Waals surface area contributed by atoms with Crippen LogP contribution < -0.4 is 20.7 Å². The van der Waals surface area contributed by atoms with Gasteiger partial charge in [-0.05, 0) is 29.8 Å².